The third-order valence-electron chi connectivity index (χ3n) is 2.84. The van der Waals surface area contributed by atoms with Gasteiger partial charge >= 0.3 is 0 Å². The SMILES string of the molecule is Cc1ccsc1CN(C)c1cc(N(C)C)ncn1. The maximum Gasteiger partial charge on any atom is 0.134 e. The summed E-state index contributed by atoms with van der Waals surface area (Å²) in [4.78, 5) is 14.1. The van der Waals surface area contributed by atoms with Crippen LogP contribution in [0.15, 0.2) is 23.8 Å². The Kier molecular flexibility index (Phi) is 3.81. The lowest BCUT2D eigenvalue weighted by Crippen LogP contribution is -2.19. The number of hydrogen-bond acceptors (Lipinski definition) is 5. The molecular weight excluding hydrogens is 244 g/mol. The highest BCUT2D eigenvalue weighted by Gasteiger charge is 2.08. The van der Waals surface area contributed by atoms with Crippen LogP contribution in [0.5, 0.6) is 0 Å². The van der Waals surface area contributed by atoms with E-state index < -0.39 is 0 Å². The molecule has 0 saturated carbocycles. The molecule has 0 aliphatic heterocycles. The number of aryl methyl sites for hydroxylation is 1. The van der Waals surface area contributed by atoms with Gasteiger partial charge in [0.2, 0.25) is 0 Å². The zero-order valence-corrected chi connectivity index (χ0v) is 12.0. The van der Waals surface area contributed by atoms with E-state index in [9.17, 15) is 0 Å². The van der Waals surface area contributed by atoms with Crippen molar-refractivity contribution in [2.45, 2.75) is 13.5 Å². The van der Waals surface area contributed by atoms with Crippen LogP contribution < -0.4 is 9.80 Å². The number of thiophene rings is 1. The summed E-state index contributed by atoms with van der Waals surface area (Å²) >= 11 is 1.79. The molecule has 2 heterocycles. The molecule has 0 fully saturated rings. The third kappa shape index (κ3) is 2.79. The minimum atomic E-state index is 0.882. The van der Waals surface area contributed by atoms with Gasteiger partial charge in [-0.1, -0.05) is 0 Å². The van der Waals surface area contributed by atoms with Gasteiger partial charge in [-0.05, 0) is 23.9 Å². The predicted octanol–water partition coefficient (Wildman–Crippen LogP) is 2.55. The molecule has 4 nitrogen and oxygen atoms in total. The summed E-state index contributed by atoms with van der Waals surface area (Å²) in [7, 11) is 6.02. The van der Waals surface area contributed by atoms with E-state index >= 15 is 0 Å². The molecule has 0 unspecified atom stereocenters. The first-order valence-electron chi connectivity index (χ1n) is 5.81. The first kappa shape index (κ1) is 12.8. The van der Waals surface area contributed by atoms with E-state index in [-0.39, 0.29) is 0 Å². The van der Waals surface area contributed by atoms with E-state index in [1.165, 1.54) is 10.4 Å². The predicted molar refractivity (Wildman–Crippen MR) is 77.5 cm³/mol. The second-order valence-corrected chi connectivity index (χ2v) is 5.51. The van der Waals surface area contributed by atoms with Crippen LogP contribution in [0.3, 0.4) is 0 Å². The van der Waals surface area contributed by atoms with Crippen molar-refractivity contribution in [2.75, 3.05) is 30.9 Å². The normalized spacial score (nSPS) is 10.4. The first-order chi connectivity index (χ1) is 8.58. The van der Waals surface area contributed by atoms with Crippen molar-refractivity contribution >= 4 is 23.0 Å². The minimum absolute atomic E-state index is 0.882. The van der Waals surface area contributed by atoms with E-state index in [2.05, 4.69) is 40.3 Å². The molecule has 18 heavy (non-hydrogen) atoms. The molecule has 0 amide bonds. The van der Waals surface area contributed by atoms with E-state index in [1.54, 1.807) is 17.7 Å². The second kappa shape index (κ2) is 5.35. The van der Waals surface area contributed by atoms with Crippen LogP contribution in [0.4, 0.5) is 11.6 Å². The van der Waals surface area contributed by atoms with Gasteiger partial charge in [0.05, 0.1) is 6.54 Å². The topological polar surface area (TPSA) is 32.3 Å². The Balaban J connectivity index is 2.16. The number of aromatic nitrogens is 2. The lowest BCUT2D eigenvalue weighted by atomic mass is 10.3. The van der Waals surface area contributed by atoms with Gasteiger partial charge < -0.3 is 9.80 Å². The number of nitrogens with zero attached hydrogens (tertiary/aromatic N) is 4. The van der Waals surface area contributed by atoms with Gasteiger partial charge in [-0.25, -0.2) is 9.97 Å². The molecule has 0 bridgehead atoms. The highest BCUT2D eigenvalue weighted by Crippen LogP contribution is 2.21. The quantitative estimate of drug-likeness (QED) is 0.847. The van der Waals surface area contributed by atoms with E-state index in [1.807, 2.05) is 25.1 Å². The fourth-order valence-corrected chi connectivity index (χ4v) is 2.61. The first-order valence-corrected chi connectivity index (χ1v) is 6.69. The average molecular weight is 262 g/mol. The van der Waals surface area contributed by atoms with Gasteiger partial charge in [0.25, 0.3) is 0 Å². The van der Waals surface area contributed by atoms with Crippen LogP contribution in [0.2, 0.25) is 0 Å². The third-order valence-corrected chi connectivity index (χ3v) is 3.84. The Morgan fingerprint density at radius 2 is 1.89 bits per heavy atom. The highest BCUT2D eigenvalue weighted by atomic mass is 32.1. The molecule has 0 aliphatic rings. The van der Waals surface area contributed by atoms with Gasteiger partial charge in [0.1, 0.15) is 18.0 Å². The molecule has 0 spiro atoms. The molecule has 0 saturated heterocycles. The van der Waals surface area contributed by atoms with Crippen molar-refractivity contribution in [3.05, 3.63) is 34.3 Å². The molecule has 0 N–H and O–H groups in total. The Morgan fingerprint density at radius 3 is 2.50 bits per heavy atom. The van der Waals surface area contributed by atoms with Crippen LogP contribution in [0.25, 0.3) is 0 Å². The number of anilines is 2. The van der Waals surface area contributed by atoms with Crippen molar-refractivity contribution in [3.63, 3.8) is 0 Å². The molecule has 0 aliphatic carbocycles. The Hall–Kier alpha value is -1.62. The van der Waals surface area contributed by atoms with E-state index in [4.69, 9.17) is 0 Å². The maximum atomic E-state index is 4.32. The molecule has 96 valence electrons. The summed E-state index contributed by atoms with van der Waals surface area (Å²) in [6.07, 6.45) is 1.61. The number of rotatable bonds is 4. The van der Waals surface area contributed by atoms with Crippen molar-refractivity contribution in [1.29, 1.82) is 0 Å². The zero-order valence-electron chi connectivity index (χ0n) is 11.2. The van der Waals surface area contributed by atoms with Gasteiger partial charge in [0, 0.05) is 32.1 Å². The Labute approximate surface area is 112 Å². The van der Waals surface area contributed by atoms with Crippen molar-refractivity contribution in [1.82, 2.24) is 9.97 Å². The average Bonchev–Trinajstić information content (AvgIpc) is 2.75. The van der Waals surface area contributed by atoms with Gasteiger partial charge in [-0.3, -0.25) is 0 Å². The molecule has 2 aromatic heterocycles. The molecular formula is C13H18N4S. The van der Waals surface area contributed by atoms with E-state index in [0.717, 1.165) is 18.2 Å². The van der Waals surface area contributed by atoms with Crippen molar-refractivity contribution in [2.24, 2.45) is 0 Å². The summed E-state index contributed by atoms with van der Waals surface area (Å²) in [5.74, 6) is 1.87. The van der Waals surface area contributed by atoms with Crippen LogP contribution >= 0.6 is 11.3 Å². The Bertz CT molecular complexity index is 521. The summed E-state index contributed by atoms with van der Waals surface area (Å²) in [5, 5.41) is 2.13. The Morgan fingerprint density at radius 1 is 1.17 bits per heavy atom. The van der Waals surface area contributed by atoms with Gasteiger partial charge in [-0.2, -0.15) is 0 Å². The van der Waals surface area contributed by atoms with Crippen molar-refractivity contribution in [3.8, 4) is 0 Å². The van der Waals surface area contributed by atoms with Crippen LogP contribution in [-0.2, 0) is 6.54 Å². The molecule has 2 rings (SSSR count). The molecule has 0 atom stereocenters. The van der Waals surface area contributed by atoms with Crippen LogP contribution in [0, 0.1) is 6.92 Å². The monoisotopic (exact) mass is 262 g/mol. The molecule has 0 radical (unpaired) electrons. The summed E-state index contributed by atoms with van der Waals surface area (Å²) in [6.45, 7) is 3.03. The zero-order chi connectivity index (χ0) is 13.1. The summed E-state index contributed by atoms with van der Waals surface area (Å²) < 4.78 is 0. The lowest BCUT2D eigenvalue weighted by Gasteiger charge is -2.19. The molecule has 0 aromatic carbocycles. The fraction of sp³-hybridized carbons (Fsp3) is 0.385. The number of hydrogen-bond donors (Lipinski definition) is 0. The highest BCUT2D eigenvalue weighted by molar-refractivity contribution is 7.10. The van der Waals surface area contributed by atoms with Gasteiger partial charge in [-0.15, -0.1) is 11.3 Å². The van der Waals surface area contributed by atoms with Crippen molar-refractivity contribution < 1.29 is 0 Å². The fourth-order valence-electron chi connectivity index (χ4n) is 1.65. The van der Waals surface area contributed by atoms with Gasteiger partial charge in [0.15, 0.2) is 0 Å². The van der Waals surface area contributed by atoms with Crippen LogP contribution in [-0.4, -0.2) is 31.1 Å². The molecule has 2 aromatic rings. The lowest BCUT2D eigenvalue weighted by molar-refractivity contribution is 0.894. The standard InChI is InChI=1S/C13H18N4S/c1-10-5-6-18-11(10)8-17(4)13-7-12(16(2)3)14-9-15-13/h5-7,9H,8H2,1-4H3. The second-order valence-electron chi connectivity index (χ2n) is 4.51. The van der Waals surface area contributed by atoms with Crippen LogP contribution in [0.1, 0.15) is 10.4 Å². The smallest absolute Gasteiger partial charge is 0.134 e. The maximum absolute atomic E-state index is 4.32. The van der Waals surface area contributed by atoms with E-state index in [0.29, 0.717) is 0 Å². The summed E-state index contributed by atoms with van der Waals surface area (Å²) in [6, 6.07) is 4.15. The largest absolute Gasteiger partial charge is 0.363 e. The summed E-state index contributed by atoms with van der Waals surface area (Å²) in [5.41, 5.74) is 1.34. The minimum Gasteiger partial charge on any atom is -0.363 e. The molecule has 5 heteroatoms.